The largest absolute Gasteiger partial charge is 3.00 e. The quantitative estimate of drug-likeness (QED) is 0.128. The average Bonchev–Trinajstić information content (AvgIpc) is 3.89. The maximum absolute atomic E-state index is 5.98. The first-order chi connectivity index (χ1) is 23.9. The van der Waals surface area contributed by atoms with Gasteiger partial charge in [-0.2, -0.15) is 23.3 Å². The number of aromatic nitrogens is 2. The minimum atomic E-state index is 0. The van der Waals surface area contributed by atoms with Crippen LogP contribution >= 0.6 is 0 Å². The zero-order chi connectivity index (χ0) is 33.6. The molecule has 250 valence electrons. The van der Waals surface area contributed by atoms with Crippen LogP contribution in [0.2, 0.25) is 0 Å². The molecule has 0 radical (unpaired) electrons. The number of fused-ring (bicyclic) bond motifs is 9. The minimum Gasteiger partial charge on any atom is -0.514 e. The predicted molar refractivity (Wildman–Crippen MR) is 203 cm³/mol. The van der Waals surface area contributed by atoms with Gasteiger partial charge in [-0.25, -0.2) is 0 Å². The predicted octanol–water partition coefficient (Wildman–Crippen LogP) is 10.9. The third kappa shape index (κ3) is 5.65. The normalized spacial score (nSPS) is 12.9. The van der Waals surface area contributed by atoms with E-state index in [2.05, 4.69) is 123 Å². The Balaban J connectivity index is 0.000000164. The Hall–Kier alpha value is -4.97. The van der Waals surface area contributed by atoms with E-state index >= 15 is 0 Å². The number of para-hydroxylation sites is 2. The molecule has 1 aliphatic heterocycles. The number of hydrogen-bond donors (Lipinski definition) is 0. The van der Waals surface area contributed by atoms with Crippen molar-refractivity contribution in [1.82, 2.24) is 14.3 Å². The summed E-state index contributed by atoms with van der Waals surface area (Å²) in [6.07, 6.45) is 3.85. The summed E-state index contributed by atoms with van der Waals surface area (Å²) in [7, 11) is 0. The van der Waals surface area contributed by atoms with E-state index in [4.69, 9.17) is 9.40 Å². The number of pyridine rings is 1. The van der Waals surface area contributed by atoms with Crippen molar-refractivity contribution in [3.8, 4) is 11.3 Å². The van der Waals surface area contributed by atoms with E-state index in [1.807, 2.05) is 48.0 Å². The zero-order valence-corrected chi connectivity index (χ0v) is 31.2. The van der Waals surface area contributed by atoms with Gasteiger partial charge >= 0.3 is 20.1 Å². The van der Waals surface area contributed by atoms with Crippen molar-refractivity contribution >= 4 is 61.3 Å². The van der Waals surface area contributed by atoms with Gasteiger partial charge in [-0.15, -0.1) is 36.3 Å². The first-order valence-corrected chi connectivity index (χ1v) is 17.0. The monoisotopic (exact) mass is 833 g/mol. The molecule has 0 amide bonds. The summed E-state index contributed by atoms with van der Waals surface area (Å²) < 4.78 is 8.31. The first-order valence-electron chi connectivity index (χ1n) is 17.0. The summed E-state index contributed by atoms with van der Waals surface area (Å²) >= 11 is 0. The average molecular weight is 833 g/mol. The summed E-state index contributed by atoms with van der Waals surface area (Å²) in [6, 6.07) is 40.2. The molecule has 0 unspecified atom stereocenters. The molecule has 0 fully saturated rings. The molecule has 50 heavy (non-hydrogen) atoms. The van der Waals surface area contributed by atoms with Crippen LogP contribution in [0.15, 0.2) is 113 Å². The minimum absolute atomic E-state index is 0. The molecule has 0 saturated heterocycles. The molecule has 0 bridgehead atoms. The molecule has 0 spiro atoms. The van der Waals surface area contributed by atoms with Crippen LogP contribution in [0.1, 0.15) is 57.6 Å². The van der Waals surface area contributed by atoms with Gasteiger partial charge in [0, 0.05) is 28.2 Å². The number of rotatable bonds is 5. The summed E-state index contributed by atoms with van der Waals surface area (Å²) in [4.78, 5) is 6.92. The number of benzene rings is 5. The van der Waals surface area contributed by atoms with Gasteiger partial charge in [0.25, 0.3) is 0 Å². The Morgan fingerprint density at radius 1 is 0.760 bits per heavy atom. The fourth-order valence-electron chi connectivity index (χ4n) is 6.99. The number of nitrogens with zero attached hydrogens (tertiary/aromatic N) is 5. The van der Waals surface area contributed by atoms with Crippen LogP contribution in [0.25, 0.3) is 60.5 Å². The van der Waals surface area contributed by atoms with Crippen molar-refractivity contribution < 1.29 is 24.5 Å². The molecule has 5 aromatic carbocycles. The summed E-state index contributed by atoms with van der Waals surface area (Å²) in [5.74, 6) is 0.875. The molecular formula is C43H38IrN5O. The van der Waals surface area contributed by atoms with Crippen molar-refractivity contribution in [1.29, 1.82) is 0 Å². The van der Waals surface area contributed by atoms with Gasteiger partial charge in [0.1, 0.15) is 5.58 Å². The van der Waals surface area contributed by atoms with Crippen molar-refractivity contribution in [2.24, 2.45) is 5.10 Å². The molecule has 9 rings (SSSR count). The van der Waals surface area contributed by atoms with Gasteiger partial charge in [-0.3, -0.25) is 4.98 Å². The van der Waals surface area contributed by atoms with Gasteiger partial charge < -0.3 is 18.7 Å². The summed E-state index contributed by atoms with van der Waals surface area (Å²) in [6.45, 7) is 14.0. The Morgan fingerprint density at radius 3 is 2.22 bits per heavy atom. The van der Waals surface area contributed by atoms with Gasteiger partial charge in [-0.05, 0) is 59.6 Å². The molecule has 7 heteroatoms. The van der Waals surface area contributed by atoms with Crippen LogP contribution in [0.3, 0.4) is 0 Å². The number of hydrazone groups is 1. The van der Waals surface area contributed by atoms with E-state index in [0.717, 1.165) is 45.2 Å². The second kappa shape index (κ2) is 13.7. The van der Waals surface area contributed by atoms with E-state index in [1.165, 1.54) is 38.7 Å². The van der Waals surface area contributed by atoms with Crippen LogP contribution in [0.4, 0.5) is 5.69 Å². The Bertz CT molecular complexity index is 2480. The standard InChI is InChI=1S/C27H25N2.C16H13N3O.Ir/c1-17(2)19-13-9-14-20(18(3)4)26(19)25-16-28-27-23-12-6-5-10-21(23)22-11-7-8-15-24(22)29(25)27;1-2-18-10-17-19(11-18)14-8-5-7-13-12-6-3-4-9-15(12)20-16(13)14;/h5-11,13-18H,1-4H3;3-7,9-11H,2H2,1H3;/q-1;-2;+3. The van der Waals surface area contributed by atoms with Crippen molar-refractivity contribution in [3.05, 3.63) is 133 Å². The summed E-state index contributed by atoms with van der Waals surface area (Å²) in [5.41, 5.74) is 9.95. The maximum atomic E-state index is 5.98. The maximum Gasteiger partial charge on any atom is 3.00 e. The van der Waals surface area contributed by atoms with E-state index in [-0.39, 0.29) is 20.1 Å². The van der Waals surface area contributed by atoms with Crippen LogP contribution < -0.4 is 5.01 Å². The number of anilines is 1. The van der Waals surface area contributed by atoms with Crippen LogP contribution in [-0.4, -0.2) is 27.2 Å². The number of imidazole rings is 1. The van der Waals surface area contributed by atoms with Crippen molar-refractivity contribution in [2.45, 2.75) is 46.5 Å². The molecule has 0 saturated carbocycles. The molecule has 8 aromatic rings. The topological polar surface area (TPSA) is 49.3 Å². The Kier molecular flexibility index (Phi) is 9.21. The summed E-state index contributed by atoms with van der Waals surface area (Å²) in [5, 5.41) is 11.9. The molecule has 0 N–H and O–H groups in total. The van der Waals surface area contributed by atoms with Crippen molar-refractivity contribution in [2.75, 3.05) is 11.6 Å². The third-order valence-electron chi connectivity index (χ3n) is 9.40. The van der Waals surface area contributed by atoms with E-state index in [1.54, 1.807) is 11.3 Å². The first kappa shape index (κ1) is 33.5. The Labute approximate surface area is 306 Å². The van der Waals surface area contributed by atoms with Gasteiger partial charge in [-0.1, -0.05) is 93.1 Å². The fraction of sp³-hybridized carbons (Fsp3) is 0.186. The smallest absolute Gasteiger partial charge is 0.514 e. The second-order valence-corrected chi connectivity index (χ2v) is 13.1. The zero-order valence-electron chi connectivity index (χ0n) is 28.8. The van der Waals surface area contributed by atoms with E-state index in [9.17, 15) is 0 Å². The van der Waals surface area contributed by atoms with Crippen LogP contribution in [-0.2, 0) is 20.1 Å². The van der Waals surface area contributed by atoms with E-state index < -0.39 is 0 Å². The molecular weight excluding hydrogens is 795 g/mol. The van der Waals surface area contributed by atoms with Gasteiger partial charge in [0.2, 0.25) is 0 Å². The molecule has 3 aromatic heterocycles. The van der Waals surface area contributed by atoms with Crippen LogP contribution in [0.5, 0.6) is 0 Å². The van der Waals surface area contributed by atoms with Crippen molar-refractivity contribution in [3.63, 3.8) is 0 Å². The molecule has 1 aliphatic rings. The van der Waals surface area contributed by atoms with Crippen LogP contribution in [0, 0.1) is 18.8 Å². The third-order valence-corrected chi connectivity index (χ3v) is 9.40. The second-order valence-electron chi connectivity index (χ2n) is 13.1. The molecule has 4 heterocycles. The Morgan fingerprint density at radius 2 is 1.48 bits per heavy atom. The SMILES string of the molecule is CC(C)c1cccc(C(C)C)c1-c1cnc2c3[c-]cccc3c3ccccc3n12.CCN1C=NN(c2[c-]ccc3c2oc2ccccc23)[CH-]1.[Ir+3]. The molecule has 0 aliphatic carbocycles. The van der Waals surface area contributed by atoms with Gasteiger partial charge in [0.15, 0.2) is 0 Å². The number of hydrogen-bond acceptors (Lipinski definition) is 5. The fourth-order valence-corrected chi connectivity index (χ4v) is 6.99. The number of furan rings is 1. The molecule has 6 nitrogen and oxygen atoms in total. The van der Waals surface area contributed by atoms with Gasteiger partial charge in [0.05, 0.1) is 17.7 Å². The molecule has 0 atom stereocenters. The van der Waals surface area contributed by atoms with E-state index in [0.29, 0.717) is 11.8 Å².